The fourth-order valence-electron chi connectivity index (χ4n) is 3.47. The smallest absolute Gasteiger partial charge is 0.179 e. The summed E-state index contributed by atoms with van der Waals surface area (Å²) in [5, 5.41) is 0. The van der Waals surface area contributed by atoms with Gasteiger partial charge in [0.05, 0.1) is 11.8 Å². The SMILES string of the molecule is O=C(CC1CC2CCC1C2)c1ccoc1Br. The van der Waals surface area contributed by atoms with Gasteiger partial charge in [-0.15, -0.1) is 0 Å². The Balaban J connectivity index is 1.67. The maximum atomic E-state index is 12.1. The second-order valence-corrected chi connectivity index (χ2v) is 5.89. The number of hydrogen-bond acceptors (Lipinski definition) is 2. The summed E-state index contributed by atoms with van der Waals surface area (Å²) in [6.45, 7) is 0. The summed E-state index contributed by atoms with van der Waals surface area (Å²) in [6, 6.07) is 1.76. The van der Waals surface area contributed by atoms with Gasteiger partial charge in [-0.2, -0.15) is 0 Å². The van der Waals surface area contributed by atoms with Gasteiger partial charge in [-0.1, -0.05) is 6.42 Å². The molecule has 3 rings (SSSR count). The van der Waals surface area contributed by atoms with Gasteiger partial charge in [0.1, 0.15) is 0 Å². The van der Waals surface area contributed by atoms with Gasteiger partial charge in [0.25, 0.3) is 0 Å². The van der Waals surface area contributed by atoms with Crippen LogP contribution in [0.1, 0.15) is 42.5 Å². The van der Waals surface area contributed by atoms with Crippen molar-refractivity contribution < 1.29 is 9.21 Å². The third kappa shape index (κ3) is 1.75. The highest BCUT2D eigenvalue weighted by atomic mass is 79.9. The molecule has 2 bridgehead atoms. The molecular weight excluding hydrogens is 268 g/mol. The van der Waals surface area contributed by atoms with Crippen molar-refractivity contribution >= 4 is 21.7 Å². The van der Waals surface area contributed by atoms with E-state index in [0.717, 1.165) is 11.8 Å². The van der Waals surface area contributed by atoms with Crippen molar-refractivity contribution in [2.75, 3.05) is 0 Å². The first-order valence-corrected chi connectivity index (χ1v) is 6.79. The van der Waals surface area contributed by atoms with Crippen LogP contribution in [-0.2, 0) is 0 Å². The monoisotopic (exact) mass is 282 g/mol. The first-order chi connectivity index (χ1) is 7.74. The van der Waals surface area contributed by atoms with E-state index in [4.69, 9.17) is 4.42 Å². The zero-order valence-corrected chi connectivity index (χ0v) is 10.7. The Bertz CT molecular complexity index is 410. The molecule has 1 aromatic heterocycles. The number of fused-ring (bicyclic) bond motifs is 2. The number of Topliss-reactive ketones (excluding diaryl/α,β-unsaturated/α-hetero) is 1. The largest absolute Gasteiger partial charge is 0.457 e. The maximum absolute atomic E-state index is 12.1. The fourth-order valence-corrected chi connectivity index (χ4v) is 3.93. The Hall–Kier alpha value is -0.570. The lowest BCUT2D eigenvalue weighted by molar-refractivity contribution is 0.0942. The van der Waals surface area contributed by atoms with Crippen molar-refractivity contribution in [1.29, 1.82) is 0 Å². The van der Waals surface area contributed by atoms with Crippen molar-refractivity contribution in [3.63, 3.8) is 0 Å². The molecule has 3 unspecified atom stereocenters. The van der Waals surface area contributed by atoms with E-state index in [1.165, 1.54) is 25.7 Å². The van der Waals surface area contributed by atoms with Gasteiger partial charge in [-0.25, -0.2) is 0 Å². The molecule has 2 fully saturated rings. The predicted octanol–water partition coefficient (Wildman–Crippen LogP) is 4.05. The second-order valence-electron chi connectivity index (χ2n) is 5.17. The number of rotatable bonds is 3. The fraction of sp³-hybridized carbons (Fsp3) is 0.615. The standard InChI is InChI=1S/C13H15BrO2/c14-13-11(3-4-16-13)12(15)7-10-6-8-1-2-9(10)5-8/h3-4,8-10H,1-2,5-7H2. The van der Waals surface area contributed by atoms with Gasteiger partial charge in [-0.3, -0.25) is 4.79 Å². The Morgan fingerprint density at radius 2 is 2.31 bits per heavy atom. The van der Waals surface area contributed by atoms with Gasteiger partial charge in [-0.05, 0) is 59.0 Å². The van der Waals surface area contributed by atoms with Crippen molar-refractivity contribution in [3.05, 3.63) is 22.6 Å². The summed E-state index contributed by atoms with van der Waals surface area (Å²) >= 11 is 3.27. The van der Waals surface area contributed by atoms with Crippen molar-refractivity contribution in [3.8, 4) is 0 Å². The van der Waals surface area contributed by atoms with Crippen LogP contribution in [0.25, 0.3) is 0 Å². The van der Waals surface area contributed by atoms with Gasteiger partial charge < -0.3 is 4.42 Å². The lowest BCUT2D eigenvalue weighted by Gasteiger charge is -2.20. The average molecular weight is 283 g/mol. The normalized spacial score (nSPS) is 32.2. The highest BCUT2D eigenvalue weighted by Gasteiger charge is 2.40. The number of carbonyl (C=O) groups excluding carboxylic acids is 1. The van der Waals surface area contributed by atoms with Crippen molar-refractivity contribution in [2.24, 2.45) is 17.8 Å². The predicted molar refractivity (Wildman–Crippen MR) is 64.3 cm³/mol. The van der Waals surface area contributed by atoms with E-state index in [-0.39, 0.29) is 5.78 Å². The summed E-state index contributed by atoms with van der Waals surface area (Å²) in [5.41, 5.74) is 0.711. The third-order valence-electron chi connectivity index (χ3n) is 4.25. The molecule has 2 nitrogen and oxygen atoms in total. The van der Waals surface area contributed by atoms with Crippen LogP contribution in [0.2, 0.25) is 0 Å². The quantitative estimate of drug-likeness (QED) is 0.783. The topological polar surface area (TPSA) is 30.2 Å². The van der Waals surface area contributed by atoms with Crippen LogP contribution < -0.4 is 0 Å². The molecule has 3 heteroatoms. The number of hydrogen-bond donors (Lipinski definition) is 0. The summed E-state index contributed by atoms with van der Waals surface area (Å²) in [7, 11) is 0. The van der Waals surface area contributed by atoms with E-state index in [0.29, 0.717) is 22.6 Å². The molecule has 0 N–H and O–H groups in total. The minimum atomic E-state index is 0.234. The molecule has 0 saturated heterocycles. The van der Waals surface area contributed by atoms with Crippen LogP contribution in [0, 0.1) is 17.8 Å². The van der Waals surface area contributed by atoms with Crippen LogP contribution in [0.4, 0.5) is 0 Å². The summed E-state index contributed by atoms with van der Waals surface area (Å²) in [5.74, 6) is 2.60. The molecule has 0 amide bonds. The van der Waals surface area contributed by atoms with Gasteiger partial charge >= 0.3 is 0 Å². The lowest BCUT2D eigenvalue weighted by atomic mass is 9.84. The van der Waals surface area contributed by atoms with Gasteiger partial charge in [0.2, 0.25) is 0 Å². The summed E-state index contributed by atoms with van der Waals surface area (Å²) in [4.78, 5) is 12.1. The Morgan fingerprint density at radius 1 is 1.44 bits per heavy atom. The van der Waals surface area contributed by atoms with E-state index in [1.54, 1.807) is 12.3 Å². The van der Waals surface area contributed by atoms with Gasteiger partial charge in [0, 0.05) is 6.42 Å². The molecule has 0 aliphatic heterocycles. The highest BCUT2D eigenvalue weighted by molar-refractivity contribution is 9.10. The minimum absolute atomic E-state index is 0.234. The van der Waals surface area contributed by atoms with Crippen LogP contribution in [0.5, 0.6) is 0 Å². The molecule has 1 aromatic rings. The maximum Gasteiger partial charge on any atom is 0.179 e. The second kappa shape index (κ2) is 4.02. The average Bonchev–Trinajstić information content (AvgIpc) is 2.92. The summed E-state index contributed by atoms with van der Waals surface area (Å²) in [6.07, 6.45) is 7.65. The minimum Gasteiger partial charge on any atom is -0.457 e. The molecule has 0 aromatic carbocycles. The zero-order valence-electron chi connectivity index (χ0n) is 9.12. The molecule has 3 atom stereocenters. The van der Waals surface area contributed by atoms with Crippen LogP contribution in [-0.4, -0.2) is 5.78 Å². The molecule has 86 valence electrons. The van der Waals surface area contributed by atoms with Crippen molar-refractivity contribution in [1.82, 2.24) is 0 Å². The highest BCUT2D eigenvalue weighted by Crippen LogP contribution is 2.49. The molecule has 16 heavy (non-hydrogen) atoms. The van der Waals surface area contributed by atoms with Crippen molar-refractivity contribution in [2.45, 2.75) is 32.1 Å². The molecule has 2 saturated carbocycles. The van der Waals surface area contributed by atoms with E-state index >= 15 is 0 Å². The van der Waals surface area contributed by atoms with E-state index in [2.05, 4.69) is 15.9 Å². The van der Waals surface area contributed by atoms with Crippen LogP contribution in [0.3, 0.4) is 0 Å². The number of ketones is 1. The van der Waals surface area contributed by atoms with E-state index in [9.17, 15) is 4.79 Å². The molecule has 0 spiro atoms. The molecule has 0 radical (unpaired) electrons. The first-order valence-electron chi connectivity index (χ1n) is 6.00. The lowest BCUT2D eigenvalue weighted by Crippen LogP contribution is -2.15. The Morgan fingerprint density at radius 3 is 2.88 bits per heavy atom. The third-order valence-corrected chi connectivity index (χ3v) is 4.86. The van der Waals surface area contributed by atoms with E-state index < -0.39 is 0 Å². The van der Waals surface area contributed by atoms with Crippen LogP contribution in [0.15, 0.2) is 21.4 Å². The van der Waals surface area contributed by atoms with E-state index in [1.807, 2.05) is 0 Å². The molecule has 2 aliphatic carbocycles. The number of halogens is 1. The Kier molecular flexibility index (Phi) is 2.66. The Labute approximate surface area is 104 Å². The molecular formula is C13H15BrO2. The number of carbonyl (C=O) groups is 1. The number of furan rings is 1. The molecule has 2 aliphatic rings. The van der Waals surface area contributed by atoms with Crippen LogP contribution >= 0.6 is 15.9 Å². The first kappa shape index (κ1) is 10.6. The summed E-state index contributed by atoms with van der Waals surface area (Å²) < 4.78 is 5.69. The zero-order chi connectivity index (χ0) is 11.1. The molecule has 1 heterocycles. The van der Waals surface area contributed by atoms with Gasteiger partial charge in [0.15, 0.2) is 10.5 Å².